The lowest BCUT2D eigenvalue weighted by atomic mass is 10.2. The summed E-state index contributed by atoms with van der Waals surface area (Å²) in [6, 6.07) is 19.0. The molecule has 0 saturated heterocycles. The fourth-order valence-electron chi connectivity index (χ4n) is 3.19. The molecule has 8 nitrogen and oxygen atoms in total. The van der Waals surface area contributed by atoms with Crippen LogP contribution in [0.1, 0.15) is 16.1 Å². The number of thioether (sulfide) groups is 1. The lowest BCUT2D eigenvalue weighted by molar-refractivity contribution is -0.119. The van der Waals surface area contributed by atoms with Crippen LogP contribution in [-0.4, -0.2) is 32.1 Å². The standard InChI is InChI=1S/C24H20ClN5O3S/c25-17-10-8-16(9-11-17)22(32)29-28-21(31)15-34-24-27-20-7-2-1-6-19(20)23(33)30(24)14-12-18-5-3-4-13-26-18/h1-11,13H,12,14-15H2,(H,28,31)(H,29,32). The average Bonchev–Trinajstić information content (AvgIpc) is 2.86. The Labute approximate surface area is 204 Å². The molecule has 2 heterocycles. The van der Waals surface area contributed by atoms with E-state index in [1.54, 1.807) is 59.3 Å². The van der Waals surface area contributed by atoms with E-state index in [1.165, 1.54) is 0 Å². The van der Waals surface area contributed by atoms with Gasteiger partial charge in [-0.25, -0.2) is 4.98 Å². The van der Waals surface area contributed by atoms with Gasteiger partial charge in [-0.2, -0.15) is 0 Å². The molecule has 2 N–H and O–H groups in total. The number of pyridine rings is 1. The Hall–Kier alpha value is -3.69. The second-order valence-electron chi connectivity index (χ2n) is 7.24. The maximum Gasteiger partial charge on any atom is 0.269 e. The molecule has 172 valence electrons. The molecule has 0 fully saturated rings. The van der Waals surface area contributed by atoms with E-state index >= 15 is 0 Å². The Kier molecular flexibility index (Phi) is 7.56. The molecule has 2 aromatic carbocycles. The highest BCUT2D eigenvalue weighted by atomic mass is 35.5. The number of nitrogens with zero attached hydrogens (tertiary/aromatic N) is 3. The van der Waals surface area contributed by atoms with Crippen LogP contribution < -0.4 is 16.4 Å². The first-order valence-electron chi connectivity index (χ1n) is 10.4. The van der Waals surface area contributed by atoms with Gasteiger partial charge in [0.1, 0.15) is 0 Å². The van der Waals surface area contributed by atoms with E-state index in [1.807, 2.05) is 18.2 Å². The van der Waals surface area contributed by atoms with Gasteiger partial charge >= 0.3 is 0 Å². The van der Waals surface area contributed by atoms with Crippen LogP contribution in [0.25, 0.3) is 10.9 Å². The van der Waals surface area contributed by atoms with Gasteiger partial charge in [0.15, 0.2) is 5.16 Å². The molecule has 0 aliphatic heterocycles. The molecular formula is C24H20ClN5O3S. The number of hydrogen-bond donors (Lipinski definition) is 2. The zero-order valence-electron chi connectivity index (χ0n) is 17.9. The van der Waals surface area contributed by atoms with E-state index in [9.17, 15) is 14.4 Å². The van der Waals surface area contributed by atoms with Crippen molar-refractivity contribution in [2.75, 3.05) is 5.75 Å². The second kappa shape index (κ2) is 11.0. The van der Waals surface area contributed by atoms with Crippen molar-refractivity contribution >= 4 is 46.1 Å². The average molecular weight is 494 g/mol. The van der Waals surface area contributed by atoms with Crippen molar-refractivity contribution in [3.63, 3.8) is 0 Å². The number of carbonyl (C=O) groups is 2. The van der Waals surface area contributed by atoms with Gasteiger partial charge < -0.3 is 0 Å². The maximum absolute atomic E-state index is 13.1. The molecule has 0 spiro atoms. The van der Waals surface area contributed by atoms with Crippen LogP contribution in [0.3, 0.4) is 0 Å². The molecule has 0 bridgehead atoms. The van der Waals surface area contributed by atoms with Gasteiger partial charge in [-0.05, 0) is 48.5 Å². The largest absolute Gasteiger partial charge is 0.287 e. The summed E-state index contributed by atoms with van der Waals surface area (Å²) in [4.78, 5) is 46.5. The molecule has 0 radical (unpaired) electrons. The third-order valence-electron chi connectivity index (χ3n) is 4.90. The number of para-hydroxylation sites is 1. The predicted molar refractivity (Wildman–Crippen MR) is 132 cm³/mol. The third-order valence-corrected chi connectivity index (χ3v) is 6.13. The molecule has 2 aromatic heterocycles. The summed E-state index contributed by atoms with van der Waals surface area (Å²) in [5.41, 5.74) is 6.32. The molecule has 0 aliphatic rings. The Morgan fingerprint density at radius 1 is 0.971 bits per heavy atom. The molecule has 0 saturated carbocycles. The topological polar surface area (TPSA) is 106 Å². The molecule has 2 amide bonds. The zero-order valence-corrected chi connectivity index (χ0v) is 19.5. The third kappa shape index (κ3) is 5.81. The molecule has 0 aliphatic carbocycles. The number of benzene rings is 2. The summed E-state index contributed by atoms with van der Waals surface area (Å²) in [7, 11) is 0. The number of rotatable bonds is 7. The van der Waals surface area contributed by atoms with E-state index in [-0.39, 0.29) is 11.3 Å². The summed E-state index contributed by atoms with van der Waals surface area (Å²) in [5, 5.41) is 1.43. The van der Waals surface area contributed by atoms with Crippen LogP contribution in [0, 0.1) is 0 Å². The van der Waals surface area contributed by atoms with Gasteiger partial charge in [0.05, 0.1) is 16.7 Å². The molecule has 34 heavy (non-hydrogen) atoms. The van der Waals surface area contributed by atoms with E-state index in [2.05, 4.69) is 20.8 Å². The highest BCUT2D eigenvalue weighted by Crippen LogP contribution is 2.18. The number of hydrazine groups is 1. The summed E-state index contributed by atoms with van der Waals surface area (Å²) >= 11 is 6.94. The fraction of sp³-hybridized carbons (Fsp3) is 0.125. The zero-order chi connectivity index (χ0) is 23.9. The van der Waals surface area contributed by atoms with Crippen LogP contribution in [0.15, 0.2) is 82.9 Å². The number of aryl methyl sites for hydroxylation is 1. The molecule has 4 rings (SSSR count). The molecular weight excluding hydrogens is 474 g/mol. The summed E-state index contributed by atoms with van der Waals surface area (Å²) < 4.78 is 1.56. The quantitative estimate of drug-likeness (QED) is 0.232. The minimum Gasteiger partial charge on any atom is -0.287 e. The molecule has 0 atom stereocenters. The van der Waals surface area contributed by atoms with Crippen molar-refractivity contribution in [2.24, 2.45) is 0 Å². The minimum atomic E-state index is -0.467. The highest BCUT2D eigenvalue weighted by molar-refractivity contribution is 7.99. The van der Waals surface area contributed by atoms with Crippen molar-refractivity contribution < 1.29 is 9.59 Å². The number of carbonyl (C=O) groups excluding carboxylic acids is 2. The van der Waals surface area contributed by atoms with Crippen LogP contribution in [0.4, 0.5) is 0 Å². The Bertz CT molecular complexity index is 1380. The summed E-state index contributed by atoms with van der Waals surface area (Å²) in [5.74, 6) is -0.952. The first kappa shape index (κ1) is 23.5. The van der Waals surface area contributed by atoms with Crippen molar-refractivity contribution in [3.05, 3.63) is 99.6 Å². The number of hydrogen-bond acceptors (Lipinski definition) is 6. The fourth-order valence-corrected chi connectivity index (χ4v) is 4.14. The van der Waals surface area contributed by atoms with Gasteiger partial charge in [0.25, 0.3) is 11.5 Å². The smallest absolute Gasteiger partial charge is 0.269 e. The summed E-state index contributed by atoms with van der Waals surface area (Å²) in [6.45, 7) is 0.366. The molecule has 0 unspecified atom stereocenters. The van der Waals surface area contributed by atoms with Gasteiger partial charge in [-0.1, -0.05) is 41.6 Å². The number of fused-ring (bicyclic) bond motifs is 1. The van der Waals surface area contributed by atoms with Crippen molar-refractivity contribution in [1.82, 2.24) is 25.4 Å². The number of halogens is 1. The van der Waals surface area contributed by atoms with Crippen LogP contribution in [0.5, 0.6) is 0 Å². The lowest BCUT2D eigenvalue weighted by Crippen LogP contribution is -2.42. The SMILES string of the molecule is O=C(CSc1nc2ccccc2c(=O)n1CCc1ccccn1)NNC(=O)c1ccc(Cl)cc1. The Morgan fingerprint density at radius 2 is 1.74 bits per heavy atom. The number of aromatic nitrogens is 3. The van der Waals surface area contributed by atoms with E-state index < -0.39 is 11.8 Å². The molecule has 10 heteroatoms. The highest BCUT2D eigenvalue weighted by Gasteiger charge is 2.14. The second-order valence-corrected chi connectivity index (χ2v) is 8.62. The monoisotopic (exact) mass is 493 g/mol. The Balaban J connectivity index is 1.45. The summed E-state index contributed by atoms with van der Waals surface area (Å²) in [6.07, 6.45) is 2.24. The minimum absolute atomic E-state index is 0.0464. The van der Waals surface area contributed by atoms with Gasteiger partial charge in [0, 0.05) is 35.4 Å². The van der Waals surface area contributed by atoms with Crippen molar-refractivity contribution in [3.8, 4) is 0 Å². The number of amides is 2. The first-order valence-corrected chi connectivity index (χ1v) is 11.7. The van der Waals surface area contributed by atoms with Crippen molar-refractivity contribution in [2.45, 2.75) is 18.1 Å². The van der Waals surface area contributed by atoms with Crippen LogP contribution >= 0.6 is 23.4 Å². The van der Waals surface area contributed by atoms with Gasteiger partial charge in [-0.3, -0.25) is 34.8 Å². The van der Waals surface area contributed by atoms with E-state index in [0.29, 0.717) is 39.6 Å². The lowest BCUT2D eigenvalue weighted by Gasteiger charge is -2.13. The molecule has 4 aromatic rings. The Morgan fingerprint density at radius 3 is 2.50 bits per heavy atom. The maximum atomic E-state index is 13.1. The number of nitrogens with one attached hydrogen (secondary N) is 2. The van der Waals surface area contributed by atoms with Crippen LogP contribution in [-0.2, 0) is 17.8 Å². The van der Waals surface area contributed by atoms with Crippen LogP contribution in [0.2, 0.25) is 5.02 Å². The van der Waals surface area contributed by atoms with E-state index in [0.717, 1.165) is 17.5 Å². The predicted octanol–water partition coefficient (Wildman–Crippen LogP) is 3.24. The van der Waals surface area contributed by atoms with Gasteiger partial charge in [-0.15, -0.1) is 0 Å². The van der Waals surface area contributed by atoms with Crippen molar-refractivity contribution in [1.29, 1.82) is 0 Å². The first-order chi connectivity index (χ1) is 16.5. The van der Waals surface area contributed by atoms with E-state index in [4.69, 9.17) is 11.6 Å². The normalized spacial score (nSPS) is 10.7. The van der Waals surface area contributed by atoms with Gasteiger partial charge in [0.2, 0.25) is 5.91 Å².